The van der Waals surface area contributed by atoms with Gasteiger partial charge < -0.3 is 42.9 Å². The van der Waals surface area contributed by atoms with E-state index in [4.69, 9.17) is 38.1 Å². The standard InChI is InChI=1S/C13H21N5O4/c14-10-5-8(21-2-1-12(16)17)6-11(15)9(10)7-20-3-4-22-13(18)19/h1,5-6H,2-4,7,14-17H2,(H2,18,19). The van der Waals surface area contributed by atoms with Crippen LogP contribution in [0.3, 0.4) is 0 Å². The van der Waals surface area contributed by atoms with Crippen LogP contribution < -0.4 is 33.4 Å². The van der Waals surface area contributed by atoms with Crippen LogP contribution in [0.1, 0.15) is 5.56 Å². The average Bonchev–Trinajstić information content (AvgIpc) is 2.40. The molecule has 0 aromatic heterocycles. The Kier molecular flexibility index (Phi) is 6.64. The normalized spacial score (nSPS) is 10.0. The molecule has 0 spiro atoms. The molecular weight excluding hydrogens is 290 g/mol. The van der Waals surface area contributed by atoms with E-state index in [0.717, 1.165) is 0 Å². The number of ether oxygens (including phenoxy) is 3. The van der Waals surface area contributed by atoms with E-state index in [1.54, 1.807) is 12.1 Å². The minimum absolute atomic E-state index is 0.0587. The lowest BCUT2D eigenvalue weighted by Crippen LogP contribution is -2.16. The molecule has 1 rings (SSSR count). The molecule has 0 heterocycles. The van der Waals surface area contributed by atoms with Gasteiger partial charge in [0.25, 0.3) is 0 Å². The molecular formula is C13H21N5O4. The van der Waals surface area contributed by atoms with Gasteiger partial charge >= 0.3 is 6.09 Å². The molecule has 9 nitrogen and oxygen atoms in total. The number of amides is 1. The van der Waals surface area contributed by atoms with Gasteiger partial charge in [-0.2, -0.15) is 0 Å². The van der Waals surface area contributed by atoms with Crippen molar-refractivity contribution in [2.75, 3.05) is 31.3 Å². The van der Waals surface area contributed by atoms with Gasteiger partial charge in [0.2, 0.25) is 0 Å². The van der Waals surface area contributed by atoms with Crippen molar-refractivity contribution in [1.82, 2.24) is 0 Å². The Labute approximate surface area is 127 Å². The Morgan fingerprint density at radius 2 is 1.73 bits per heavy atom. The summed E-state index contributed by atoms with van der Waals surface area (Å²) in [5.74, 6) is 0.664. The van der Waals surface area contributed by atoms with Crippen LogP contribution in [0.25, 0.3) is 0 Å². The monoisotopic (exact) mass is 311 g/mol. The summed E-state index contributed by atoms with van der Waals surface area (Å²) in [4.78, 5) is 10.4. The molecule has 10 N–H and O–H groups in total. The van der Waals surface area contributed by atoms with Crippen molar-refractivity contribution >= 4 is 17.5 Å². The number of carbonyl (C=O) groups is 1. The molecule has 1 amide bonds. The molecule has 0 bridgehead atoms. The molecule has 22 heavy (non-hydrogen) atoms. The lowest BCUT2D eigenvalue weighted by atomic mass is 10.1. The number of anilines is 2. The van der Waals surface area contributed by atoms with Crippen molar-refractivity contribution in [3.8, 4) is 5.75 Å². The Balaban J connectivity index is 2.54. The number of nitrogens with two attached hydrogens (primary N) is 5. The molecule has 0 saturated carbocycles. The Morgan fingerprint density at radius 1 is 1.09 bits per heavy atom. The SMILES string of the molecule is NC(=O)OCCOCc1c(N)cc(OCC=C(N)N)cc1N. The first-order chi connectivity index (χ1) is 10.4. The molecule has 122 valence electrons. The fourth-order valence-corrected chi connectivity index (χ4v) is 1.55. The highest BCUT2D eigenvalue weighted by Crippen LogP contribution is 2.27. The number of carbonyl (C=O) groups excluding carboxylic acids is 1. The molecule has 9 heteroatoms. The second-order valence-electron chi connectivity index (χ2n) is 4.32. The van der Waals surface area contributed by atoms with E-state index in [2.05, 4.69) is 4.74 Å². The largest absolute Gasteiger partial charge is 0.489 e. The lowest BCUT2D eigenvalue weighted by molar-refractivity contribution is 0.0685. The Hall–Kier alpha value is -2.81. The molecule has 0 atom stereocenters. The molecule has 0 saturated heterocycles. The topological polar surface area (TPSA) is 175 Å². The van der Waals surface area contributed by atoms with Crippen LogP contribution in [-0.4, -0.2) is 25.9 Å². The number of nitrogen functional groups attached to an aromatic ring is 2. The van der Waals surface area contributed by atoms with Gasteiger partial charge in [-0.05, 0) is 6.08 Å². The van der Waals surface area contributed by atoms with E-state index in [-0.39, 0.29) is 32.2 Å². The van der Waals surface area contributed by atoms with Gasteiger partial charge in [-0.1, -0.05) is 0 Å². The van der Waals surface area contributed by atoms with E-state index in [1.807, 2.05) is 0 Å². The first-order valence-corrected chi connectivity index (χ1v) is 6.42. The molecule has 0 unspecified atom stereocenters. The van der Waals surface area contributed by atoms with Crippen molar-refractivity contribution in [2.24, 2.45) is 17.2 Å². The second-order valence-corrected chi connectivity index (χ2v) is 4.32. The summed E-state index contributed by atoms with van der Waals surface area (Å²) in [5.41, 5.74) is 28.7. The number of hydrogen-bond donors (Lipinski definition) is 5. The highest BCUT2D eigenvalue weighted by Gasteiger charge is 2.08. The molecule has 0 aliphatic rings. The number of rotatable bonds is 8. The van der Waals surface area contributed by atoms with Crippen molar-refractivity contribution in [2.45, 2.75) is 6.61 Å². The van der Waals surface area contributed by atoms with Gasteiger partial charge in [-0.15, -0.1) is 0 Å². The van der Waals surface area contributed by atoms with E-state index in [0.29, 0.717) is 22.7 Å². The van der Waals surface area contributed by atoms with Crippen LogP contribution in [0.15, 0.2) is 24.0 Å². The summed E-state index contributed by atoms with van der Waals surface area (Å²) in [7, 11) is 0. The molecule has 0 aliphatic carbocycles. The highest BCUT2D eigenvalue weighted by molar-refractivity contribution is 5.65. The maximum absolute atomic E-state index is 10.4. The Bertz CT molecular complexity index is 520. The summed E-state index contributed by atoms with van der Waals surface area (Å²) < 4.78 is 15.2. The van der Waals surface area contributed by atoms with Crippen LogP contribution in [0.4, 0.5) is 16.2 Å². The molecule has 1 aromatic carbocycles. The predicted octanol–water partition coefficient (Wildman–Crippen LogP) is -0.399. The summed E-state index contributed by atoms with van der Waals surface area (Å²) in [5, 5.41) is 0. The van der Waals surface area contributed by atoms with E-state index < -0.39 is 6.09 Å². The predicted molar refractivity (Wildman–Crippen MR) is 82.4 cm³/mol. The zero-order chi connectivity index (χ0) is 16.5. The molecule has 1 aromatic rings. The third kappa shape index (κ3) is 6.09. The van der Waals surface area contributed by atoms with Crippen LogP contribution >= 0.6 is 0 Å². The van der Waals surface area contributed by atoms with Crippen molar-refractivity contribution in [3.63, 3.8) is 0 Å². The zero-order valence-electron chi connectivity index (χ0n) is 12.1. The van der Waals surface area contributed by atoms with Crippen LogP contribution in [0.2, 0.25) is 0 Å². The van der Waals surface area contributed by atoms with E-state index in [9.17, 15) is 4.79 Å². The van der Waals surface area contributed by atoms with Gasteiger partial charge in [0.15, 0.2) is 0 Å². The smallest absolute Gasteiger partial charge is 0.404 e. The van der Waals surface area contributed by atoms with Crippen LogP contribution in [0.5, 0.6) is 5.75 Å². The average molecular weight is 311 g/mol. The number of primary amides is 1. The van der Waals surface area contributed by atoms with Crippen molar-refractivity contribution in [1.29, 1.82) is 0 Å². The number of hydrogen-bond acceptors (Lipinski definition) is 8. The maximum Gasteiger partial charge on any atom is 0.404 e. The minimum atomic E-state index is -0.851. The quantitative estimate of drug-likeness (QED) is 0.318. The number of benzene rings is 1. The van der Waals surface area contributed by atoms with Gasteiger partial charge in [0, 0.05) is 29.1 Å². The van der Waals surface area contributed by atoms with Crippen molar-refractivity contribution < 1.29 is 19.0 Å². The van der Waals surface area contributed by atoms with Crippen LogP contribution in [0, 0.1) is 0 Å². The molecule has 0 fully saturated rings. The lowest BCUT2D eigenvalue weighted by Gasteiger charge is -2.13. The fraction of sp³-hybridized carbons (Fsp3) is 0.308. The molecule has 0 aliphatic heterocycles. The molecule has 0 radical (unpaired) electrons. The summed E-state index contributed by atoms with van der Waals surface area (Å²) in [6.07, 6.45) is 0.665. The van der Waals surface area contributed by atoms with Crippen LogP contribution in [-0.2, 0) is 16.1 Å². The summed E-state index contributed by atoms with van der Waals surface area (Å²) in [6.45, 7) is 0.626. The Morgan fingerprint density at radius 3 is 2.27 bits per heavy atom. The summed E-state index contributed by atoms with van der Waals surface area (Å²) >= 11 is 0. The maximum atomic E-state index is 10.4. The minimum Gasteiger partial charge on any atom is -0.489 e. The van der Waals surface area contributed by atoms with Gasteiger partial charge in [-0.3, -0.25) is 0 Å². The fourth-order valence-electron chi connectivity index (χ4n) is 1.55. The second kappa shape index (κ2) is 8.47. The van der Waals surface area contributed by atoms with Gasteiger partial charge in [0.1, 0.15) is 19.0 Å². The van der Waals surface area contributed by atoms with Gasteiger partial charge in [0.05, 0.1) is 19.0 Å². The highest BCUT2D eigenvalue weighted by atomic mass is 16.6. The third-order valence-corrected chi connectivity index (χ3v) is 2.58. The van der Waals surface area contributed by atoms with Crippen molar-refractivity contribution in [3.05, 3.63) is 29.6 Å². The van der Waals surface area contributed by atoms with E-state index in [1.165, 1.54) is 6.08 Å². The van der Waals surface area contributed by atoms with E-state index >= 15 is 0 Å². The summed E-state index contributed by atoms with van der Waals surface area (Å²) in [6, 6.07) is 3.24. The first-order valence-electron chi connectivity index (χ1n) is 6.42. The third-order valence-electron chi connectivity index (χ3n) is 2.58. The zero-order valence-corrected chi connectivity index (χ0v) is 12.1. The first kappa shape index (κ1) is 17.2. The van der Waals surface area contributed by atoms with Gasteiger partial charge in [-0.25, -0.2) is 4.79 Å².